The monoisotopic (exact) mass is 347 g/mol. The van der Waals surface area contributed by atoms with Crippen molar-refractivity contribution in [2.45, 2.75) is 12.2 Å². The van der Waals surface area contributed by atoms with E-state index in [0.29, 0.717) is 6.07 Å². The zero-order valence-electron chi connectivity index (χ0n) is 12.2. The maximum absolute atomic E-state index is 13.6. The number of benzene rings is 1. The van der Waals surface area contributed by atoms with Gasteiger partial charge in [-0.15, -0.1) is 0 Å². The molecule has 126 valence electrons. The summed E-state index contributed by atoms with van der Waals surface area (Å²) < 4.78 is 63.2. The Bertz CT molecular complexity index is 733. The summed E-state index contributed by atoms with van der Waals surface area (Å²) in [6, 6.07) is 2.43. The summed E-state index contributed by atoms with van der Waals surface area (Å²) >= 11 is 0. The highest BCUT2D eigenvalue weighted by molar-refractivity contribution is 7.93. The first-order valence-corrected chi connectivity index (χ1v) is 8.31. The Labute approximate surface area is 132 Å². The van der Waals surface area contributed by atoms with Crippen molar-refractivity contribution in [2.75, 3.05) is 24.5 Å². The maximum Gasteiger partial charge on any atom is 0.335 e. The van der Waals surface area contributed by atoms with Gasteiger partial charge < -0.3 is 9.47 Å². The van der Waals surface area contributed by atoms with Crippen molar-refractivity contribution in [3.63, 3.8) is 0 Å². The third-order valence-corrected chi connectivity index (χ3v) is 4.75. The van der Waals surface area contributed by atoms with E-state index >= 15 is 0 Å². The second-order valence-corrected chi connectivity index (χ2v) is 6.54. The largest absolute Gasteiger partial charge is 0.463 e. The van der Waals surface area contributed by atoms with Crippen LogP contribution in [0.25, 0.3) is 0 Å². The second kappa shape index (κ2) is 7.05. The number of ether oxygens (including phenoxy) is 2. The minimum atomic E-state index is -4.19. The Morgan fingerprint density at radius 1 is 1.43 bits per heavy atom. The molecule has 1 aromatic rings. The Morgan fingerprint density at radius 3 is 2.83 bits per heavy atom. The minimum absolute atomic E-state index is 0.0745. The summed E-state index contributed by atoms with van der Waals surface area (Å²) in [6.07, 6.45) is 1.31. The molecule has 0 saturated carbocycles. The third-order valence-electron chi connectivity index (χ3n) is 3.11. The number of esters is 1. The summed E-state index contributed by atoms with van der Waals surface area (Å²) in [4.78, 5) is 11.9. The quantitative estimate of drug-likeness (QED) is 0.818. The first-order chi connectivity index (χ1) is 10.8. The lowest BCUT2D eigenvalue weighted by Crippen LogP contribution is -2.39. The molecule has 1 N–H and O–H groups in total. The molecule has 0 radical (unpaired) electrons. The van der Waals surface area contributed by atoms with Crippen LogP contribution in [-0.4, -0.2) is 39.5 Å². The van der Waals surface area contributed by atoms with E-state index in [9.17, 15) is 22.0 Å². The number of hydrogen-bond acceptors (Lipinski definition) is 5. The Hall–Kier alpha value is -2.00. The van der Waals surface area contributed by atoms with Crippen molar-refractivity contribution in [3.8, 4) is 0 Å². The highest BCUT2D eigenvalue weighted by Gasteiger charge is 2.36. The summed E-state index contributed by atoms with van der Waals surface area (Å²) in [6.45, 7) is 1.48. The molecule has 0 aliphatic carbocycles. The molecule has 1 aliphatic heterocycles. The van der Waals surface area contributed by atoms with Gasteiger partial charge in [-0.3, -0.25) is 4.72 Å². The topological polar surface area (TPSA) is 81.7 Å². The van der Waals surface area contributed by atoms with Crippen LogP contribution in [0.3, 0.4) is 0 Å². The lowest BCUT2D eigenvalue weighted by atomic mass is 10.1. The first-order valence-electron chi connectivity index (χ1n) is 6.76. The van der Waals surface area contributed by atoms with Gasteiger partial charge in [-0.1, -0.05) is 0 Å². The molecule has 0 aromatic heterocycles. The van der Waals surface area contributed by atoms with Gasteiger partial charge in [0.25, 0.3) is 0 Å². The molecule has 9 heteroatoms. The molecule has 0 saturated heterocycles. The van der Waals surface area contributed by atoms with E-state index in [1.54, 1.807) is 6.92 Å². The molecule has 2 rings (SSSR count). The smallest absolute Gasteiger partial charge is 0.335 e. The normalized spacial score (nSPS) is 18.2. The molecule has 1 aliphatic rings. The van der Waals surface area contributed by atoms with Crippen molar-refractivity contribution in [3.05, 3.63) is 41.5 Å². The van der Waals surface area contributed by atoms with Gasteiger partial charge in [-0.25, -0.2) is 22.0 Å². The van der Waals surface area contributed by atoms with E-state index in [-0.39, 0.29) is 25.4 Å². The Morgan fingerprint density at radius 2 is 2.17 bits per heavy atom. The Balaban J connectivity index is 2.28. The predicted molar refractivity (Wildman–Crippen MR) is 78.2 cm³/mol. The predicted octanol–water partition coefficient (Wildman–Crippen LogP) is 1.59. The number of carbonyl (C=O) groups excluding carboxylic acids is 1. The minimum Gasteiger partial charge on any atom is -0.463 e. The van der Waals surface area contributed by atoms with Gasteiger partial charge in [-0.05, 0) is 25.1 Å². The average Bonchev–Trinajstić information content (AvgIpc) is 2.50. The molecule has 1 aromatic carbocycles. The highest BCUT2D eigenvalue weighted by Crippen LogP contribution is 2.23. The van der Waals surface area contributed by atoms with Crippen molar-refractivity contribution >= 4 is 21.7 Å². The number of carbonyl (C=O) groups is 1. The van der Waals surface area contributed by atoms with E-state index in [4.69, 9.17) is 9.47 Å². The highest BCUT2D eigenvalue weighted by atomic mass is 32.2. The third kappa shape index (κ3) is 4.05. The number of sulfonamides is 1. The van der Waals surface area contributed by atoms with E-state index in [1.807, 2.05) is 4.72 Å². The van der Waals surface area contributed by atoms with Gasteiger partial charge in [0.1, 0.15) is 16.9 Å². The summed E-state index contributed by atoms with van der Waals surface area (Å²) in [7, 11) is -4.19. The number of hydrogen-bond donors (Lipinski definition) is 1. The van der Waals surface area contributed by atoms with Crippen LogP contribution in [0.1, 0.15) is 6.92 Å². The molecule has 0 bridgehead atoms. The van der Waals surface area contributed by atoms with Gasteiger partial charge in [0.2, 0.25) is 10.0 Å². The van der Waals surface area contributed by atoms with Gasteiger partial charge in [0.05, 0.1) is 31.1 Å². The van der Waals surface area contributed by atoms with E-state index in [0.717, 1.165) is 12.1 Å². The fourth-order valence-electron chi connectivity index (χ4n) is 2.03. The summed E-state index contributed by atoms with van der Waals surface area (Å²) in [5.41, 5.74) is -0.492. The fourth-order valence-corrected chi connectivity index (χ4v) is 3.44. The van der Waals surface area contributed by atoms with Gasteiger partial charge in [-0.2, -0.15) is 0 Å². The molecule has 6 nitrogen and oxygen atoms in total. The average molecular weight is 347 g/mol. The Kier molecular flexibility index (Phi) is 5.32. The molecule has 0 fully saturated rings. The van der Waals surface area contributed by atoms with Crippen molar-refractivity contribution in [2.24, 2.45) is 0 Å². The van der Waals surface area contributed by atoms with Crippen LogP contribution < -0.4 is 4.72 Å². The molecular formula is C14H15F2NO5S. The van der Waals surface area contributed by atoms with E-state index < -0.39 is 38.6 Å². The van der Waals surface area contributed by atoms with Crippen LogP contribution in [0.2, 0.25) is 0 Å². The van der Waals surface area contributed by atoms with Gasteiger partial charge >= 0.3 is 5.97 Å². The van der Waals surface area contributed by atoms with Crippen LogP contribution in [0, 0.1) is 11.6 Å². The van der Waals surface area contributed by atoms with Crippen molar-refractivity contribution in [1.29, 1.82) is 0 Å². The van der Waals surface area contributed by atoms with Crippen LogP contribution in [0.15, 0.2) is 29.8 Å². The SMILES string of the molecule is CCOC(=O)C1=CCOCC1S(=O)(=O)Nc1ccc(F)cc1F. The van der Waals surface area contributed by atoms with Crippen LogP contribution >= 0.6 is 0 Å². The van der Waals surface area contributed by atoms with Crippen molar-refractivity contribution < 1.29 is 31.5 Å². The first kappa shape index (κ1) is 17.4. The molecule has 1 unspecified atom stereocenters. The van der Waals surface area contributed by atoms with Gasteiger partial charge in [0.15, 0.2) is 0 Å². The van der Waals surface area contributed by atoms with Crippen LogP contribution in [0.5, 0.6) is 0 Å². The number of anilines is 1. The molecular weight excluding hydrogens is 332 g/mol. The number of rotatable bonds is 5. The molecule has 23 heavy (non-hydrogen) atoms. The van der Waals surface area contributed by atoms with Crippen LogP contribution in [0.4, 0.5) is 14.5 Å². The van der Waals surface area contributed by atoms with Gasteiger partial charge in [0, 0.05) is 6.07 Å². The molecule has 0 amide bonds. The lowest BCUT2D eigenvalue weighted by Gasteiger charge is -2.24. The zero-order chi connectivity index (χ0) is 17.0. The summed E-state index contributed by atoms with van der Waals surface area (Å²) in [5, 5.41) is -1.35. The van der Waals surface area contributed by atoms with Crippen molar-refractivity contribution in [1.82, 2.24) is 0 Å². The molecule has 1 heterocycles. The van der Waals surface area contributed by atoms with Crippen LogP contribution in [-0.2, 0) is 24.3 Å². The standard InChI is InChI=1S/C14H15F2NO5S/c1-2-22-14(18)10-5-6-21-8-13(10)23(19,20)17-12-4-3-9(15)7-11(12)16/h3-5,7,13,17H,2,6,8H2,1H3. The fraction of sp³-hybridized carbons (Fsp3) is 0.357. The lowest BCUT2D eigenvalue weighted by molar-refractivity contribution is -0.139. The molecule has 0 spiro atoms. The van der Waals surface area contributed by atoms with E-state index in [1.165, 1.54) is 6.08 Å². The zero-order valence-corrected chi connectivity index (χ0v) is 13.0. The van der Waals surface area contributed by atoms with E-state index in [2.05, 4.69) is 0 Å². The maximum atomic E-state index is 13.6. The number of halogens is 2. The second-order valence-electron chi connectivity index (χ2n) is 4.68. The summed E-state index contributed by atoms with van der Waals surface area (Å²) in [5.74, 6) is -2.67. The number of nitrogens with one attached hydrogen (secondary N) is 1. The molecule has 1 atom stereocenters.